The highest BCUT2D eigenvalue weighted by molar-refractivity contribution is 5.58. The predicted molar refractivity (Wildman–Crippen MR) is 81.9 cm³/mol. The van der Waals surface area contributed by atoms with Gasteiger partial charge in [-0.1, -0.05) is 0 Å². The Labute approximate surface area is 128 Å². The van der Waals surface area contributed by atoms with E-state index in [-0.39, 0.29) is 0 Å². The molecule has 112 valence electrons. The van der Waals surface area contributed by atoms with Crippen LogP contribution in [-0.4, -0.2) is 34.0 Å². The Hall–Kier alpha value is -2.89. The molecule has 0 aliphatic rings. The molecule has 0 aliphatic carbocycles. The smallest absolute Gasteiger partial charge is 0.122 e. The molecule has 0 saturated heterocycles. The second kappa shape index (κ2) is 6.26. The van der Waals surface area contributed by atoms with E-state index >= 15 is 0 Å². The van der Waals surface area contributed by atoms with Gasteiger partial charge in [-0.2, -0.15) is 5.10 Å². The lowest BCUT2D eigenvalue weighted by atomic mass is 10.2. The Morgan fingerprint density at radius 2 is 1.82 bits per heavy atom. The topological polar surface area (TPSA) is 62.1 Å². The minimum atomic E-state index is 0.571. The van der Waals surface area contributed by atoms with Crippen LogP contribution in [0.4, 0.5) is 0 Å². The SMILES string of the molecule is COc1ccnc(-c2cc(OC)cc(Cn3cccn3)n2)c1. The molecule has 0 radical (unpaired) electrons. The van der Waals surface area contributed by atoms with Crippen molar-refractivity contribution in [3.05, 3.63) is 54.6 Å². The molecule has 6 nitrogen and oxygen atoms in total. The Balaban J connectivity index is 1.99. The van der Waals surface area contributed by atoms with Crippen LogP contribution < -0.4 is 9.47 Å². The van der Waals surface area contributed by atoms with E-state index in [4.69, 9.17) is 9.47 Å². The molecule has 6 heteroatoms. The Morgan fingerprint density at radius 1 is 1.00 bits per heavy atom. The summed E-state index contributed by atoms with van der Waals surface area (Å²) in [6, 6.07) is 9.28. The monoisotopic (exact) mass is 296 g/mol. The van der Waals surface area contributed by atoms with Crippen LogP contribution in [0.2, 0.25) is 0 Å². The van der Waals surface area contributed by atoms with Crippen molar-refractivity contribution < 1.29 is 9.47 Å². The van der Waals surface area contributed by atoms with E-state index in [1.165, 1.54) is 0 Å². The summed E-state index contributed by atoms with van der Waals surface area (Å²) in [5.74, 6) is 1.47. The molecule has 3 aromatic heterocycles. The van der Waals surface area contributed by atoms with Gasteiger partial charge >= 0.3 is 0 Å². The third kappa shape index (κ3) is 3.06. The summed E-state index contributed by atoms with van der Waals surface area (Å²) in [5.41, 5.74) is 2.32. The number of nitrogens with zero attached hydrogens (tertiary/aromatic N) is 4. The van der Waals surface area contributed by atoms with Gasteiger partial charge in [-0.15, -0.1) is 0 Å². The summed E-state index contributed by atoms with van der Waals surface area (Å²) in [5, 5.41) is 4.20. The van der Waals surface area contributed by atoms with Crippen molar-refractivity contribution in [2.24, 2.45) is 0 Å². The molecule has 0 saturated carbocycles. The summed E-state index contributed by atoms with van der Waals surface area (Å²) in [6.07, 6.45) is 5.33. The second-order valence-corrected chi connectivity index (χ2v) is 4.67. The van der Waals surface area contributed by atoms with Crippen LogP contribution >= 0.6 is 0 Å². The van der Waals surface area contributed by atoms with Crippen LogP contribution in [0, 0.1) is 0 Å². The van der Waals surface area contributed by atoms with Gasteiger partial charge in [0.05, 0.1) is 37.8 Å². The normalized spacial score (nSPS) is 10.5. The summed E-state index contributed by atoms with van der Waals surface area (Å²) in [7, 11) is 3.26. The highest BCUT2D eigenvalue weighted by Crippen LogP contribution is 2.24. The minimum absolute atomic E-state index is 0.571. The third-order valence-electron chi connectivity index (χ3n) is 3.20. The molecule has 3 heterocycles. The van der Waals surface area contributed by atoms with Gasteiger partial charge in [0.1, 0.15) is 11.5 Å². The standard InChI is InChI=1S/C16H16N4O2/c1-21-13-4-6-17-15(9-13)16-10-14(22-2)8-12(19-16)11-20-7-3-5-18-20/h3-10H,11H2,1-2H3. The Kier molecular flexibility index (Phi) is 4.00. The Morgan fingerprint density at radius 3 is 2.55 bits per heavy atom. The zero-order valence-corrected chi connectivity index (χ0v) is 12.4. The van der Waals surface area contributed by atoms with Gasteiger partial charge in [0.15, 0.2) is 0 Å². The molecular weight excluding hydrogens is 280 g/mol. The van der Waals surface area contributed by atoms with Gasteiger partial charge in [0.25, 0.3) is 0 Å². The van der Waals surface area contributed by atoms with Crippen molar-refractivity contribution in [1.29, 1.82) is 0 Å². The molecule has 0 aromatic carbocycles. The first-order valence-electron chi connectivity index (χ1n) is 6.81. The maximum atomic E-state index is 5.36. The molecule has 0 fully saturated rings. The summed E-state index contributed by atoms with van der Waals surface area (Å²) < 4.78 is 12.4. The molecule has 0 aliphatic heterocycles. The van der Waals surface area contributed by atoms with Crippen molar-refractivity contribution in [3.8, 4) is 22.9 Å². The van der Waals surface area contributed by atoms with Crippen molar-refractivity contribution in [2.45, 2.75) is 6.54 Å². The molecule has 3 aromatic rings. The first kappa shape index (κ1) is 14.1. The number of rotatable bonds is 5. The zero-order chi connectivity index (χ0) is 15.4. The van der Waals surface area contributed by atoms with E-state index in [2.05, 4.69) is 15.1 Å². The number of hydrogen-bond acceptors (Lipinski definition) is 5. The lowest BCUT2D eigenvalue weighted by Crippen LogP contribution is -2.04. The third-order valence-corrected chi connectivity index (χ3v) is 3.20. The summed E-state index contributed by atoms with van der Waals surface area (Å²) >= 11 is 0. The molecule has 0 atom stereocenters. The van der Waals surface area contributed by atoms with Crippen LogP contribution in [0.5, 0.6) is 11.5 Å². The molecule has 3 rings (SSSR count). The van der Waals surface area contributed by atoms with E-state index in [9.17, 15) is 0 Å². The molecule has 0 amide bonds. The van der Waals surface area contributed by atoms with Crippen LogP contribution in [0.1, 0.15) is 5.69 Å². The maximum absolute atomic E-state index is 5.36. The van der Waals surface area contributed by atoms with Crippen LogP contribution in [0.15, 0.2) is 48.9 Å². The highest BCUT2D eigenvalue weighted by atomic mass is 16.5. The molecule has 0 unspecified atom stereocenters. The lowest BCUT2D eigenvalue weighted by Gasteiger charge is -2.09. The van der Waals surface area contributed by atoms with E-state index in [1.807, 2.05) is 35.1 Å². The summed E-state index contributed by atoms with van der Waals surface area (Å²) in [4.78, 5) is 8.99. The van der Waals surface area contributed by atoms with Crippen molar-refractivity contribution in [2.75, 3.05) is 14.2 Å². The largest absolute Gasteiger partial charge is 0.497 e. The van der Waals surface area contributed by atoms with Crippen molar-refractivity contribution >= 4 is 0 Å². The van der Waals surface area contributed by atoms with Gasteiger partial charge in [0.2, 0.25) is 0 Å². The van der Waals surface area contributed by atoms with Gasteiger partial charge < -0.3 is 9.47 Å². The highest BCUT2D eigenvalue weighted by Gasteiger charge is 2.08. The van der Waals surface area contributed by atoms with Crippen molar-refractivity contribution in [1.82, 2.24) is 19.7 Å². The van der Waals surface area contributed by atoms with Crippen LogP contribution in [0.25, 0.3) is 11.4 Å². The number of hydrogen-bond donors (Lipinski definition) is 0. The van der Waals surface area contributed by atoms with E-state index in [1.54, 1.807) is 32.7 Å². The van der Waals surface area contributed by atoms with Gasteiger partial charge in [-0.3, -0.25) is 9.67 Å². The van der Waals surface area contributed by atoms with Gasteiger partial charge in [0, 0.05) is 36.8 Å². The summed E-state index contributed by atoms with van der Waals surface area (Å²) in [6.45, 7) is 0.571. The fourth-order valence-corrected chi connectivity index (χ4v) is 2.13. The van der Waals surface area contributed by atoms with Gasteiger partial charge in [-0.25, -0.2) is 4.98 Å². The first-order chi connectivity index (χ1) is 10.8. The van der Waals surface area contributed by atoms with Crippen LogP contribution in [0.3, 0.4) is 0 Å². The van der Waals surface area contributed by atoms with E-state index < -0.39 is 0 Å². The molecule has 0 bridgehead atoms. The fraction of sp³-hybridized carbons (Fsp3) is 0.188. The lowest BCUT2D eigenvalue weighted by molar-refractivity contribution is 0.412. The Bertz CT molecular complexity index is 757. The fourth-order valence-electron chi connectivity index (χ4n) is 2.13. The molecular formula is C16H16N4O2. The number of ether oxygens (including phenoxy) is 2. The van der Waals surface area contributed by atoms with E-state index in [0.29, 0.717) is 6.54 Å². The molecule has 0 N–H and O–H groups in total. The van der Waals surface area contributed by atoms with E-state index in [0.717, 1.165) is 28.6 Å². The molecule has 0 spiro atoms. The predicted octanol–water partition coefficient (Wildman–Crippen LogP) is 2.41. The maximum Gasteiger partial charge on any atom is 0.122 e. The second-order valence-electron chi connectivity index (χ2n) is 4.67. The van der Waals surface area contributed by atoms with Crippen LogP contribution in [-0.2, 0) is 6.54 Å². The minimum Gasteiger partial charge on any atom is -0.497 e. The molecule has 22 heavy (non-hydrogen) atoms. The average molecular weight is 296 g/mol. The number of aromatic nitrogens is 4. The average Bonchev–Trinajstić information content (AvgIpc) is 3.07. The quantitative estimate of drug-likeness (QED) is 0.723. The van der Waals surface area contributed by atoms with Crippen molar-refractivity contribution in [3.63, 3.8) is 0 Å². The zero-order valence-electron chi connectivity index (χ0n) is 12.4. The first-order valence-corrected chi connectivity index (χ1v) is 6.81. The number of methoxy groups -OCH3 is 2. The van der Waals surface area contributed by atoms with Gasteiger partial charge in [-0.05, 0) is 12.1 Å². The number of pyridine rings is 2.